The second-order valence-electron chi connectivity index (χ2n) is 7.29. The van der Waals surface area contributed by atoms with E-state index in [1.807, 2.05) is 6.92 Å². The first-order valence-corrected chi connectivity index (χ1v) is 11.4. The zero-order valence-electron chi connectivity index (χ0n) is 15.6. The van der Waals surface area contributed by atoms with E-state index in [-0.39, 0.29) is 24.2 Å². The van der Waals surface area contributed by atoms with Crippen LogP contribution in [0.5, 0.6) is 0 Å². The molecule has 1 aliphatic rings. The third kappa shape index (κ3) is 4.42. The molecule has 150 valence electrons. The number of H-pyrrole nitrogens is 1. The van der Waals surface area contributed by atoms with Gasteiger partial charge in [0.05, 0.1) is 0 Å². The van der Waals surface area contributed by atoms with Gasteiger partial charge < -0.3 is 14.8 Å². The van der Waals surface area contributed by atoms with Gasteiger partial charge in [-0.05, 0) is 32.1 Å². The first kappa shape index (κ1) is 20.0. The maximum Gasteiger partial charge on any atom is 0.332 e. The normalized spacial score (nSPS) is 15.8. The van der Waals surface area contributed by atoms with Crippen LogP contribution in [0.3, 0.4) is 0 Å². The van der Waals surface area contributed by atoms with Crippen LogP contribution >= 0.6 is 7.60 Å². The topological polar surface area (TPSA) is 130 Å². The van der Waals surface area contributed by atoms with Crippen molar-refractivity contribution in [2.45, 2.75) is 70.9 Å². The average molecular weight is 398 g/mol. The summed E-state index contributed by atoms with van der Waals surface area (Å²) in [7, 11) is -4.05. The molecule has 27 heavy (non-hydrogen) atoms. The molecule has 2 aromatic heterocycles. The lowest BCUT2D eigenvalue weighted by Crippen LogP contribution is -2.40. The Morgan fingerprint density at radius 1 is 1.15 bits per heavy atom. The SMILES string of the molecule is CCCn1c(=O)c2[nH]c(C3CCCC3)nc2n(CCCCP(=O)(O)O)c1=O. The number of aryl methyl sites for hydroxylation is 1. The molecule has 0 spiro atoms. The minimum absolute atomic E-state index is 0.215. The second-order valence-corrected chi connectivity index (χ2v) is 9.07. The molecule has 1 fully saturated rings. The number of fused-ring (bicyclic) bond motifs is 1. The van der Waals surface area contributed by atoms with Crippen molar-refractivity contribution in [3.05, 3.63) is 26.7 Å². The summed E-state index contributed by atoms with van der Waals surface area (Å²) < 4.78 is 13.7. The fraction of sp³-hybridized carbons (Fsp3) is 0.706. The van der Waals surface area contributed by atoms with Crippen LogP contribution in [0.25, 0.3) is 11.2 Å². The van der Waals surface area contributed by atoms with Crippen LogP contribution in [0.15, 0.2) is 9.59 Å². The van der Waals surface area contributed by atoms with Gasteiger partial charge in [-0.25, -0.2) is 9.78 Å². The predicted octanol–water partition coefficient (Wildman–Crippen LogP) is 1.91. The van der Waals surface area contributed by atoms with Gasteiger partial charge in [0.1, 0.15) is 11.3 Å². The summed E-state index contributed by atoms with van der Waals surface area (Å²) >= 11 is 0. The number of aromatic nitrogens is 4. The van der Waals surface area contributed by atoms with Gasteiger partial charge in [-0.15, -0.1) is 0 Å². The molecule has 2 heterocycles. The van der Waals surface area contributed by atoms with Gasteiger partial charge in [0.2, 0.25) is 0 Å². The Morgan fingerprint density at radius 3 is 2.48 bits per heavy atom. The molecule has 0 bridgehead atoms. The Labute approximate surface area is 156 Å². The van der Waals surface area contributed by atoms with Crippen molar-refractivity contribution in [1.82, 2.24) is 19.1 Å². The molecule has 0 saturated heterocycles. The minimum Gasteiger partial charge on any atom is -0.336 e. The van der Waals surface area contributed by atoms with Gasteiger partial charge in [-0.1, -0.05) is 19.8 Å². The van der Waals surface area contributed by atoms with Crippen LogP contribution in [0.4, 0.5) is 0 Å². The number of aromatic amines is 1. The number of imidazole rings is 1. The van der Waals surface area contributed by atoms with Crippen LogP contribution in [-0.4, -0.2) is 35.1 Å². The minimum atomic E-state index is -4.05. The molecule has 0 amide bonds. The molecule has 10 heteroatoms. The molecule has 1 saturated carbocycles. The molecule has 9 nitrogen and oxygen atoms in total. The third-order valence-corrected chi connectivity index (χ3v) is 6.05. The number of unbranched alkanes of at least 4 members (excludes halogenated alkanes) is 1. The van der Waals surface area contributed by atoms with Crippen molar-refractivity contribution < 1.29 is 14.4 Å². The lowest BCUT2D eigenvalue weighted by molar-refractivity contribution is 0.370. The number of rotatable bonds is 8. The maximum absolute atomic E-state index is 12.8. The van der Waals surface area contributed by atoms with E-state index >= 15 is 0 Å². The van der Waals surface area contributed by atoms with E-state index in [9.17, 15) is 14.2 Å². The summed E-state index contributed by atoms with van der Waals surface area (Å²) in [6, 6.07) is 0. The highest BCUT2D eigenvalue weighted by molar-refractivity contribution is 7.51. The lowest BCUT2D eigenvalue weighted by Gasteiger charge is -2.11. The molecule has 0 radical (unpaired) electrons. The zero-order valence-corrected chi connectivity index (χ0v) is 16.5. The van der Waals surface area contributed by atoms with Gasteiger partial charge in [0.15, 0.2) is 5.65 Å². The quantitative estimate of drug-likeness (QED) is 0.460. The van der Waals surface area contributed by atoms with Crippen LogP contribution in [0.1, 0.15) is 63.6 Å². The molecule has 2 aromatic rings. The molecule has 3 N–H and O–H groups in total. The van der Waals surface area contributed by atoms with Crippen molar-refractivity contribution in [2.75, 3.05) is 6.16 Å². The van der Waals surface area contributed by atoms with Crippen molar-refractivity contribution in [1.29, 1.82) is 0 Å². The van der Waals surface area contributed by atoms with Gasteiger partial charge in [-0.2, -0.15) is 0 Å². The van der Waals surface area contributed by atoms with Crippen LogP contribution < -0.4 is 11.2 Å². The number of hydrogen-bond donors (Lipinski definition) is 3. The Hall–Kier alpha value is -1.70. The largest absolute Gasteiger partial charge is 0.336 e. The van der Waals surface area contributed by atoms with E-state index in [1.165, 1.54) is 9.13 Å². The Morgan fingerprint density at radius 2 is 1.85 bits per heavy atom. The molecular formula is C17H27N4O5P. The first-order valence-electron chi connectivity index (χ1n) is 9.59. The van der Waals surface area contributed by atoms with Crippen LogP contribution in [0, 0.1) is 0 Å². The fourth-order valence-electron chi connectivity index (χ4n) is 3.79. The molecular weight excluding hydrogens is 371 g/mol. The van der Waals surface area contributed by atoms with E-state index in [4.69, 9.17) is 9.79 Å². The number of nitrogens with one attached hydrogen (secondary N) is 1. The zero-order chi connectivity index (χ0) is 19.6. The van der Waals surface area contributed by atoms with Gasteiger partial charge in [-0.3, -0.25) is 18.5 Å². The first-order chi connectivity index (χ1) is 12.8. The molecule has 1 aliphatic carbocycles. The maximum atomic E-state index is 12.8. The molecule has 0 aromatic carbocycles. The van der Waals surface area contributed by atoms with E-state index in [0.717, 1.165) is 31.5 Å². The van der Waals surface area contributed by atoms with Gasteiger partial charge in [0, 0.05) is 25.2 Å². The van der Waals surface area contributed by atoms with Crippen molar-refractivity contribution in [3.63, 3.8) is 0 Å². The standard InChI is InChI=1S/C17H27N4O5P/c1-2-9-21-16(22)13-15(19-14(18-13)12-7-3-4-8-12)20(17(21)23)10-5-6-11-27(24,25)26/h12H,2-11H2,1H3,(H,18,19)(H2,24,25,26). The Balaban J connectivity index is 1.99. The Bertz CT molecular complexity index is 964. The van der Waals surface area contributed by atoms with E-state index in [0.29, 0.717) is 37.0 Å². The molecule has 0 unspecified atom stereocenters. The highest BCUT2D eigenvalue weighted by atomic mass is 31.2. The highest BCUT2D eigenvalue weighted by Gasteiger charge is 2.23. The summed E-state index contributed by atoms with van der Waals surface area (Å²) in [6.07, 6.45) is 5.48. The summed E-state index contributed by atoms with van der Waals surface area (Å²) in [5.41, 5.74) is -0.0505. The van der Waals surface area contributed by atoms with Gasteiger partial charge in [0.25, 0.3) is 5.56 Å². The molecule has 0 atom stereocenters. The monoisotopic (exact) mass is 398 g/mol. The predicted molar refractivity (Wildman–Crippen MR) is 102 cm³/mol. The summed E-state index contributed by atoms with van der Waals surface area (Å²) in [6.45, 7) is 2.50. The van der Waals surface area contributed by atoms with Gasteiger partial charge >= 0.3 is 13.3 Å². The highest BCUT2D eigenvalue weighted by Crippen LogP contribution is 2.35. The van der Waals surface area contributed by atoms with E-state index in [2.05, 4.69) is 9.97 Å². The van der Waals surface area contributed by atoms with E-state index < -0.39 is 13.3 Å². The second kappa shape index (κ2) is 8.12. The van der Waals surface area contributed by atoms with Crippen molar-refractivity contribution in [3.8, 4) is 0 Å². The number of nitrogens with zero attached hydrogens (tertiary/aromatic N) is 3. The number of hydrogen-bond acceptors (Lipinski definition) is 4. The van der Waals surface area contributed by atoms with Crippen molar-refractivity contribution in [2.24, 2.45) is 0 Å². The summed E-state index contributed by atoms with van der Waals surface area (Å²) in [5, 5.41) is 0. The lowest BCUT2D eigenvalue weighted by atomic mass is 10.1. The van der Waals surface area contributed by atoms with E-state index in [1.54, 1.807) is 0 Å². The fourth-order valence-corrected chi connectivity index (χ4v) is 4.42. The molecule has 3 rings (SSSR count). The average Bonchev–Trinajstić information content (AvgIpc) is 3.26. The summed E-state index contributed by atoms with van der Waals surface area (Å²) in [5.74, 6) is 1.05. The van der Waals surface area contributed by atoms with Crippen LogP contribution in [-0.2, 0) is 17.7 Å². The molecule has 0 aliphatic heterocycles. The van der Waals surface area contributed by atoms with Crippen molar-refractivity contribution >= 4 is 18.8 Å². The summed E-state index contributed by atoms with van der Waals surface area (Å²) in [4.78, 5) is 51.3. The third-order valence-electron chi connectivity index (χ3n) is 5.15. The smallest absolute Gasteiger partial charge is 0.332 e. The van der Waals surface area contributed by atoms with Crippen LogP contribution in [0.2, 0.25) is 0 Å². The Kier molecular flexibility index (Phi) is 6.03.